The van der Waals surface area contributed by atoms with E-state index >= 15 is 0 Å². The van der Waals surface area contributed by atoms with Crippen LogP contribution >= 0.6 is 0 Å². The lowest BCUT2D eigenvalue weighted by Crippen LogP contribution is -2.39. The van der Waals surface area contributed by atoms with Gasteiger partial charge in [0.15, 0.2) is 0 Å². The standard InChI is InChI=1S/C14H16FN3O3S/c15-12-3-1-4-13(11-12)18(14(19)5-6-16)9-8-17-7-2-10-22(17,20)21/h1,3-4,11H,2,5,7-10H2. The quantitative estimate of drug-likeness (QED) is 0.812. The van der Waals surface area contributed by atoms with Crippen LogP contribution in [0.3, 0.4) is 0 Å². The van der Waals surface area contributed by atoms with Crippen LogP contribution < -0.4 is 4.90 Å². The fourth-order valence-electron chi connectivity index (χ4n) is 2.36. The van der Waals surface area contributed by atoms with E-state index in [-0.39, 0.29) is 25.3 Å². The average Bonchev–Trinajstić information content (AvgIpc) is 2.78. The molecule has 0 N–H and O–H groups in total. The van der Waals surface area contributed by atoms with Gasteiger partial charge in [-0.3, -0.25) is 4.79 Å². The molecule has 0 bridgehead atoms. The molecule has 6 nitrogen and oxygen atoms in total. The molecular formula is C14H16FN3O3S. The molecule has 1 aromatic carbocycles. The van der Waals surface area contributed by atoms with Crippen molar-refractivity contribution < 1.29 is 17.6 Å². The molecular weight excluding hydrogens is 309 g/mol. The van der Waals surface area contributed by atoms with Crippen molar-refractivity contribution in [3.8, 4) is 6.07 Å². The normalized spacial score (nSPS) is 17.1. The Hall–Kier alpha value is -1.98. The first kappa shape index (κ1) is 16.4. The van der Waals surface area contributed by atoms with Crippen LogP contribution in [-0.4, -0.2) is 44.0 Å². The summed E-state index contributed by atoms with van der Waals surface area (Å²) in [7, 11) is -3.25. The van der Waals surface area contributed by atoms with Gasteiger partial charge in [-0.15, -0.1) is 0 Å². The molecule has 0 aromatic heterocycles. The highest BCUT2D eigenvalue weighted by Gasteiger charge is 2.29. The first-order chi connectivity index (χ1) is 10.4. The summed E-state index contributed by atoms with van der Waals surface area (Å²) in [6.45, 7) is 0.644. The number of nitrogens with zero attached hydrogens (tertiary/aromatic N) is 3. The zero-order valence-corrected chi connectivity index (χ0v) is 12.7. The summed E-state index contributed by atoms with van der Waals surface area (Å²) in [5.74, 6) is -0.871. The molecule has 0 atom stereocenters. The van der Waals surface area contributed by atoms with Crippen molar-refractivity contribution in [2.24, 2.45) is 0 Å². The predicted molar refractivity (Wildman–Crippen MR) is 79.0 cm³/mol. The molecule has 8 heteroatoms. The number of amides is 1. The zero-order chi connectivity index (χ0) is 16.2. The van der Waals surface area contributed by atoms with Gasteiger partial charge in [-0.2, -0.15) is 5.26 Å². The largest absolute Gasteiger partial charge is 0.310 e. The lowest BCUT2D eigenvalue weighted by atomic mass is 10.2. The number of halogens is 1. The van der Waals surface area contributed by atoms with E-state index in [4.69, 9.17) is 5.26 Å². The number of benzene rings is 1. The Kier molecular flexibility index (Phi) is 5.11. The molecule has 1 heterocycles. The van der Waals surface area contributed by atoms with E-state index in [0.717, 1.165) is 0 Å². The molecule has 1 fully saturated rings. The van der Waals surface area contributed by atoms with Gasteiger partial charge in [0, 0.05) is 25.3 Å². The summed E-state index contributed by atoms with van der Waals surface area (Å²) in [5.41, 5.74) is 0.317. The van der Waals surface area contributed by atoms with Crippen LogP contribution in [0.4, 0.5) is 10.1 Å². The summed E-state index contributed by atoms with van der Waals surface area (Å²) in [4.78, 5) is 13.3. The maximum atomic E-state index is 13.3. The van der Waals surface area contributed by atoms with E-state index in [2.05, 4.69) is 0 Å². The molecule has 0 unspecified atom stereocenters. The first-order valence-corrected chi connectivity index (χ1v) is 8.45. The molecule has 0 radical (unpaired) electrons. The third-order valence-electron chi connectivity index (χ3n) is 3.43. The SMILES string of the molecule is N#CCC(=O)N(CCN1CCCS1(=O)=O)c1cccc(F)c1. The third kappa shape index (κ3) is 3.81. The van der Waals surface area contributed by atoms with Gasteiger partial charge in [0.2, 0.25) is 15.9 Å². The molecule has 1 saturated heterocycles. The smallest absolute Gasteiger partial charge is 0.241 e. The Bertz CT molecular complexity index is 700. The number of anilines is 1. The van der Waals surface area contributed by atoms with Gasteiger partial charge in [0.25, 0.3) is 0 Å². The Labute approximate surface area is 128 Å². The zero-order valence-electron chi connectivity index (χ0n) is 11.9. The van der Waals surface area contributed by atoms with Crippen molar-refractivity contribution in [2.75, 3.05) is 30.3 Å². The van der Waals surface area contributed by atoms with E-state index in [1.54, 1.807) is 12.1 Å². The lowest BCUT2D eigenvalue weighted by Gasteiger charge is -2.24. The van der Waals surface area contributed by atoms with Crippen molar-refractivity contribution >= 4 is 21.6 Å². The number of sulfonamides is 1. The highest BCUT2D eigenvalue weighted by molar-refractivity contribution is 7.89. The number of hydrogen-bond donors (Lipinski definition) is 0. The van der Waals surface area contributed by atoms with Gasteiger partial charge in [-0.1, -0.05) is 6.07 Å². The Balaban J connectivity index is 2.15. The van der Waals surface area contributed by atoms with Gasteiger partial charge in [-0.25, -0.2) is 17.1 Å². The second-order valence-electron chi connectivity index (χ2n) is 4.93. The maximum Gasteiger partial charge on any atom is 0.241 e. The number of rotatable bonds is 5. The van der Waals surface area contributed by atoms with Crippen molar-refractivity contribution in [3.05, 3.63) is 30.1 Å². The van der Waals surface area contributed by atoms with Crippen LogP contribution in [0.1, 0.15) is 12.8 Å². The van der Waals surface area contributed by atoms with E-state index in [9.17, 15) is 17.6 Å². The van der Waals surface area contributed by atoms with Crippen LogP contribution in [-0.2, 0) is 14.8 Å². The van der Waals surface area contributed by atoms with Gasteiger partial charge in [0.05, 0.1) is 11.8 Å². The number of nitriles is 1. The highest BCUT2D eigenvalue weighted by atomic mass is 32.2. The highest BCUT2D eigenvalue weighted by Crippen LogP contribution is 2.18. The molecule has 0 aliphatic carbocycles. The fraction of sp³-hybridized carbons (Fsp3) is 0.429. The van der Waals surface area contributed by atoms with Gasteiger partial charge >= 0.3 is 0 Å². The van der Waals surface area contributed by atoms with Gasteiger partial charge in [0.1, 0.15) is 12.2 Å². The second-order valence-corrected chi connectivity index (χ2v) is 7.02. The maximum absolute atomic E-state index is 13.3. The number of hydrogen-bond acceptors (Lipinski definition) is 4. The van der Waals surface area contributed by atoms with E-state index in [0.29, 0.717) is 18.7 Å². The number of carbonyl (C=O) groups is 1. The molecule has 1 aliphatic heterocycles. The molecule has 1 aliphatic rings. The van der Waals surface area contributed by atoms with Crippen LogP contribution in [0.25, 0.3) is 0 Å². The summed E-state index contributed by atoms with van der Waals surface area (Å²) < 4.78 is 38.2. The molecule has 22 heavy (non-hydrogen) atoms. The Morgan fingerprint density at radius 1 is 1.45 bits per heavy atom. The van der Waals surface area contributed by atoms with Crippen molar-refractivity contribution in [3.63, 3.8) is 0 Å². The van der Waals surface area contributed by atoms with Crippen molar-refractivity contribution in [2.45, 2.75) is 12.8 Å². The van der Waals surface area contributed by atoms with Crippen LogP contribution in [0.5, 0.6) is 0 Å². The van der Waals surface area contributed by atoms with Crippen molar-refractivity contribution in [1.29, 1.82) is 5.26 Å². The molecule has 2 rings (SSSR count). The molecule has 0 saturated carbocycles. The van der Waals surface area contributed by atoms with E-state index in [1.165, 1.54) is 27.4 Å². The minimum Gasteiger partial charge on any atom is -0.310 e. The predicted octanol–water partition coefficient (Wildman–Crippen LogP) is 1.11. The van der Waals surface area contributed by atoms with Crippen LogP contribution in [0, 0.1) is 17.1 Å². The Morgan fingerprint density at radius 3 is 2.82 bits per heavy atom. The molecule has 118 valence electrons. The average molecular weight is 325 g/mol. The monoisotopic (exact) mass is 325 g/mol. The molecule has 0 spiro atoms. The summed E-state index contributed by atoms with van der Waals surface area (Å²) in [6, 6.07) is 7.21. The molecule has 1 amide bonds. The topological polar surface area (TPSA) is 81.5 Å². The van der Waals surface area contributed by atoms with Gasteiger partial charge in [-0.05, 0) is 24.6 Å². The van der Waals surface area contributed by atoms with Crippen LogP contribution in [0.2, 0.25) is 0 Å². The number of carbonyl (C=O) groups excluding carboxylic acids is 1. The third-order valence-corrected chi connectivity index (χ3v) is 5.38. The minimum atomic E-state index is -3.25. The molecule has 1 aromatic rings. The van der Waals surface area contributed by atoms with E-state index in [1.807, 2.05) is 0 Å². The summed E-state index contributed by atoms with van der Waals surface area (Å²) in [5, 5.41) is 8.67. The second kappa shape index (κ2) is 6.85. The first-order valence-electron chi connectivity index (χ1n) is 6.85. The van der Waals surface area contributed by atoms with Gasteiger partial charge < -0.3 is 4.90 Å². The Morgan fingerprint density at radius 2 is 2.23 bits per heavy atom. The van der Waals surface area contributed by atoms with E-state index < -0.39 is 21.7 Å². The van der Waals surface area contributed by atoms with Crippen molar-refractivity contribution in [1.82, 2.24) is 4.31 Å². The summed E-state index contributed by atoms with van der Waals surface area (Å²) >= 11 is 0. The minimum absolute atomic E-state index is 0.0865. The van der Waals surface area contributed by atoms with Crippen LogP contribution in [0.15, 0.2) is 24.3 Å². The lowest BCUT2D eigenvalue weighted by molar-refractivity contribution is -0.117. The summed E-state index contributed by atoms with van der Waals surface area (Å²) in [6.07, 6.45) is 0.220. The fourth-order valence-corrected chi connectivity index (χ4v) is 3.88.